The van der Waals surface area contributed by atoms with Crippen LogP contribution in [0.25, 0.3) is 0 Å². The SMILES string of the molecule is O=C(CN1CCN(c2ccccn2)CC1)NN1C(=O)NC(c2ccccc2)(c2ccccc2)C1=O. The number of carbonyl (C=O) groups excluding carboxylic acids is 3. The highest BCUT2D eigenvalue weighted by atomic mass is 16.2. The van der Waals surface area contributed by atoms with E-state index >= 15 is 0 Å². The number of urea groups is 1. The number of imide groups is 1. The van der Waals surface area contributed by atoms with Gasteiger partial charge in [0.25, 0.3) is 11.8 Å². The molecule has 0 unspecified atom stereocenters. The molecule has 0 saturated carbocycles. The lowest BCUT2D eigenvalue weighted by Crippen LogP contribution is -2.54. The number of anilines is 1. The zero-order valence-corrected chi connectivity index (χ0v) is 19.1. The summed E-state index contributed by atoms with van der Waals surface area (Å²) in [6, 6.07) is 23.2. The molecule has 0 atom stereocenters. The van der Waals surface area contributed by atoms with Crippen LogP contribution in [0.3, 0.4) is 0 Å². The van der Waals surface area contributed by atoms with Crippen LogP contribution in [0.4, 0.5) is 10.6 Å². The maximum atomic E-state index is 13.7. The Labute approximate surface area is 203 Å². The van der Waals surface area contributed by atoms with Gasteiger partial charge in [-0.05, 0) is 23.3 Å². The Morgan fingerprint density at radius 1 is 0.857 bits per heavy atom. The summed E-state index contributed by atoms with van der Waals surface area (Å²) in [5.41, 5.74) is 2.35. The van der Waals surface area contributed by atoms with Gasteiger partial charge in [0, 0.05) is 32.4 Å². The van der Waals surface area contributed by atoms with Crippen molar-refractivity contribution in [1.29, 1.82) is 0 Å². The predicted molar refractivity (Wildman–Crippen MR) is 130 cm³/mol. The van der Waals surface area contributed by atoms with Crippen molar-refractivity contribution in [3.63, 3.8) is 0 Å². The Hall–Kier alpha value is -4.24. The molecular weight excluding hydrogens is 444 g/mol. The topological polar surface area (TPSA) is 97.9 Å². The molecule has 178 valence electrons. The number of hydrogen-bond donors (Lipinski definition) is 2. The standard InChI is InChI=1S/C26H26N6O3/c33-23(19-30-15-17-31(18-16-30)22-13-7-8-14-27-22)29-32-24(34)26(28-25(32)35,20-9-3-1-4-10-20)21-11-5-2-6-12-21/h1-14H,15-19H2,(H,28,35)(H,29,33). The average Bonchev–Trinajstić information content (AvgIpc) is 3.16. The van der Waals surface area contributed by atoms with E-state index in [0.29, 0.717) is 24.2 Å². The number of nitrogens with zero attached hydrogens (tertiary/aromatic N) is 4. The second-order valence-corrected chi connectivity index (χ2v) is 8.54. The Morgan fingerprint density at radius 2 is 1.46 bits per heavy atom. The molecule has 0 radical (unpaired) electrons. The van der Waals surface area contributed by atoms with Crippen LogP contribution in [0.1, 0.15) is 11.1 Å². The number of hydrogen-bond acceptors (Lipinski definition) is 6. The Balaban J connectivity index is 1.27. The summed E-state index contributed by atoms with van der Waals surface area (Å²) in [5, 5.41) is 3.63. The van der Waals surface area contributed by atoms with Crippen LogP contribution in [0, 0.1) is 0 Å². The molecule has 2 saturated heterocycles. The molecule has 0 spiro atoms. The molecule has 0 bridgehead atoms. The smallest absolute Gasteiger partial charge is 0.344 e. The number of hydrazine groups is 1. The van der Waals surface area contributed by atoms with Crippen LogP contribution in [-0.4, -0.2) is 65.5 Å². The quantitative estimate of drug-likeness (QED) is 0.533. The number of rotatable bonds is 6. The second-order valence-electron chi connectivity index (χ2n) is 8.54. The van der Waals surface area contributed by atoms with E-state index in [0.717, 1.165) is 23.9 Å². The minimum absolute atomic E-state index is 0.0802. The summed E-state index contributed by atoms with van der Waals surface area (Å²) >= 11 is 0. The molecule has 2 fully saturated rings. The van der Waals surface area contributed by atoms with E-state index in [2.05, 4.69) is 20.6 Å². The number of amides is 4. The van der Waals surface area contributed by atoms with Gasteiger partial charge in [0.2, 0.25) is 0 Å². The highest BCUT2D eigenvalue weighted by molar-refractivity contribution is 6.10. The number of pyridine rings is 1. The van der Waals surface area contributed by atoms with Crippen molar-refractivity contribution in [2.45, 2.75) is 5.54 Å². The van der Waals surface area contributed by atoms with E-state index in [1.807, 2.05) is 59.5 Å². The van der Waals surface area contributed by atoms with Crippen molar-refractivity contribution in [1.82, 2.24) is 25.6 Å². The maximum Gasteiger partial charge on any atom is 0.344 e. The second kappa shape index (κ2) is 9.55. The summed E-state index contributed by atoms with van der Waals surface area (Å²) in [4.78, 5) is 48.0. The highest BCUT2D eigenvalue weighted by Crippen LogP contribution is 2.35. The lowest BCUT2D eigenvalue weighted by Gasteiger charge is -2.35. The average molecular weight is 471 g/mol. The lowest BCUT2D eigenvalue weighted by molar-refractivity contribution is -0.138. The third-order valence-electron chi connectivity index (χ3n) is 6.38. The van der Waals surface area contributed by atoms with E-state index in [-0.39, 0.29) is 6.54 Å². The molecular formula is C26H26N6O3. The zero-order valence-electron chi connectivity index (χ0n) is 19.1. The summed E-state index contributed by atoms with van der Waals surface area (Å²) < 4.78 is 0. The molecule has 1 aromatic heterocycles. The number of nitrogens with one attached hydrogen (secondary N) is 2. The third-order valence-corrected chi connectivity index (χ3v) is 6.38. The minimum Gasteiger partial charge on any atom is -0.354 e. The van der Waals surface area contributed by atoms with Crippen molar-refractivity contribution in [2.75, 3.05) is 37.6 Å². The Bertz CT molecular complexity index is 1160. The van der Waals surface area contributed by atoms with E-state index in [4.69, 9.17) is 0 Å². The third kappa shape index (κ3) is 4.33. The van der Waals surface area contributed by atoms with Crippen molar-refractivity contribution in [3.8, 4) is 0 Å². The van der Waals surface area contributed by atoms with Crippen molar-refractivity contribution < 1.29 is 14.4 Å². The molecule has 0 aliphatic carbocycles. The molecule has 3 aromatic rings. The first-order valence-electron chi connectivity index (χ1n) is 11.5. The molecule has 2 N–H and O–H groups in total. The summed E-state index contributed by atoms with van der Waals surface area (Å²) in [6.45, 7) is 2.89. The Morgan fingerprint density at radius 3 is 2.03 bits per heavy atom. The fourth-order valence-corrected chi connectivity index (χ4v) is 4.60. The predicted octanol–water partition coefficient (Wildman–Crippen LogP) is 1.73. The van der Waals surface area contributed by atoms with Gasteiger partial charge in [-0.25, -0.2) is 9.78 Å². The van der Waals surface area contributed by atoms with E-state index < -0.39 is 23.4 Å². The number of piperazine rings is 1. The van der Waals surface area contributed by atoms with Crippen molar-refractivity contribution in [3.05, 3.63) is 96.2 Å². The van der Waals surface area contributed by atoms with E-state index in [1.165, 1.54) is 0 Å². The van der Waals surface area contributed by atoms with Crippen LogP contribution in [0.15, 0.2) is 85.1 Å². The molecule has 9 heteroatoms. The van der Waals surface area contributed by atoms with E-state index in [9.17, 15) is 14.4 Å². The number of aromatic nitrogens is 1. The molecule has 9 nitrogen and oxygen atoms in total. The van der Waals surface area contributed by atoms with Crippen LogP contribution in [-0.2, 0) is 15.1 Å². The molecule has 35 heavy (non-hydrogen) atoms. The molecule has 5 rings (SSSR count). The zero-order chi connectivity index (χ0) is 24.3. The highest BCUT2D eigenvalue weighted by Gasteiger charge is 2.54. The summed E-state index contributed by atoms with van der Waals surface area (Å²) in [7, 11) is 0. The van der Waals surface area contributed by atoms with Gasteiger partial charge in [0.1, 0.15) is 5.82 Å². The van der Waals surface area contributed by atoms with E-state index in [1.54, 1.807) is 30.5 Å². The first-order chi connectivity index (χ1) is 17.1. The lowest BCUT2D eigenvalue weighted by atomic mass is 9.83. The molecule has 3 heterocycles. The summed E-state index contributed by atoms with van der Waals surface area (Å²) in [5.74, 6) is -0.0565. The first-order valence-corrected chi connectivity index (χ1v) is 11.5. The van der Waals surface area contributed by atoms with Crippen LogP contribution >= 0.6 is 0 Å². The van der Waals surface area contributed by atoms with Crippen LogP contribution in [0.2, 0.25) is 0 Å². The van der Waals surface area contributed by atoms with Gasteiger partial charge in [-0.15, -0.1) is 0 Å². The van der Waals surface area contributed by atoms with Gasteiger partial charge in [-0.1, -0.05) is 66.7 Å². The monoisotopic (exact) mass is 470 g/mol. The van der Waals surface area contributed by atoms with Crippen molar-refractivity contribution in [2.24, 2.45) is 0 Å². The number of carbonyl (C=O) groups is 3. The van der Waals surface area contributed by atoms with Gasteiger partial charge < -0.3 is 10.2 Å². The summed E-state index contributed by atoms with van der Waals surface area (Å²) in [6.07, 6.45) is 1.76. The molecule has 2 aromatic carbocycles. The molecule has 2 aliphatic rings. The molecule has 2 aliphatic heterocycles. The Kier molecular flexibility index (Phi) is 6.15. The van der Waals surface area contributed by atoms with Crippen LogP contribution < -0.4 is 15.6 Å². The maximum absolute atomic E-state index is 13.7. The van der Waals surface area contributed by atoms with Crippen molar-refractivity contribution >= 4 is 23.7 Å². The largest absolute Gasteiger partial charge is 0.354 e. The van der Waals surface area contributed by atoms with Gasteiger partial charge in [-0.2, -0.15) is 5.01 Å². The van der Waals surface area contributed by atoms with Gasteiger partial charge >= 0.3 is 6.03 Å². The van der Waals surface area contributed by atoms with Gasteiger partial charge in [0.15, 0.2) is 5.54 Å². The normalized spacial score (nSPS) is 17.8. The van der Waals surface area contributed by atoms with Gasteiger partial charge in [0.05, 0.1) is 6.54 Å². The fraction of sp³-hybridized carbons (Fsp3) is 0.231. The fourth-order valence-electron chi connectivity index (χ4n) is 4.60. The first kappa shape index (κ1) is 22.5. The molecule has 4 amide bonds. The number of benzene rings is 2. The van der Waals surface area contributed by atoms with Crippen LogP contribution in [0.5, 0.6) is 0 Å². The minimum atomic E-state index is -1.42. The van der Waals surface area contributed by atoms with Gasteiger partial charge in [-0.3, -0.25) is 19.9 Å².